The predicted octanol–water partition coefficient (Wildman–Crippen LogP) is 7.56. The van der Waals surface area contributed by atoms with Crippen LogP contribution in [0.25, 0.3) is 38.8 Å². The van der Waals surface area contributed by atoms with Gasteiger partial charge < -0.3 is 9.15 Å². The molecule has 1 aliphatic heterocycles. The third-order valence-electron chi connectivity index (χ3n) is 8.10. The Morgan fingerprint density at radius 1 is 0.838 bits per heavy atom. The molecule has 2 aromatic heterocycles. The van der Waals surface area contributed by atoms with E-state index < -0.39 is 11.2 Å². The summed E-state index contributed by atoms with van der Waals surface area (Å²) in [5.41, 5.74) is 8.83. The molecule has 0 atom stereocenters. The van der Waals surface area contributed by atoms with Gasteiger partial charge in [0.25, 0.3) is 0 Å². The van der Waals surface area contributed by atoms with Crippen LogP contribution in [0.15, 0.2) is 70.3 Å². The number of hydrogen-bond acceptors (Lipinski definition) is 3. The minimum Gasteiger partial charge on any atom is -0.454 e. The SMILES string of the molecule is Cc1ccc2c(oc3c(C4=CC(C)(C)C5=C4C(C)(C)OC5(C)C)c(C#N)ccc32)c1-c1cccc[n+]1C. The Balaban J connectivity index is 1.73. The third kappa shape index (κ3) is 3.20. The summed E-state index contributed by atoms with van der Waals surface area (Å²) < 4.78 is 15.6. The average molecular weight is 490 g/mol. The first-order chi connectivity index (χ1) is 17.4. The number of furan rings is 1. The molecule has 0 N–H and O–H groups in total. The Bertz CT molecular complexity index is 1750. The van der Waals surface area contributed by atoms with Crippen molar-refractivity contribution < 1.29 is 13.7 Å². The molecule has 4 nitrogen and oxygen atoms in total. The number of nitrogens with zero attached hydrogens (tertiary/aromatic N) is 2. The standard InChI is InChI=1S/C33H33N2O2/c1-19-12-14-21-22-15-13-20(18-34)26(29(22)36-28(21)25(19)24-11-9-10-16-35(24)8)23-17-31(2,3)30-27(23)32(4,5)37-33(30,6)7/h9-17H,1-8H3/q+1. The smallest absolute Gasteiger partial charge is 0.216 e. The number of fused-ring (bicyclic) bond motifs is 3. The molecule has 0 fully saturated rings. The molecule has 186 valence electrons. The Kier molecular flexibility index (Phi) is 4.76. The lowest BCUT2D eigenvalue weighted by Gasteiger charge is -2.33. The summed E-state index contributed by atoms with van der Waals surface area (Å²) in [5.74, 6) is 0. The van der Waals surface area contributed by atoms with E-state index in [1.165, 1.54) is 11.1 Å². The van der Waals surface area contributed by atoms with E-state index >= 15 is 0 Å². The molecule has 2 aliphatic rings. The zero-order chi connectivity index (χ0) is 26.5. The monoisotopic (exact) mass is 489 g/mol. The molecule has 3 heterocycles. The summed E-state index contributed by atoms with van der Waals surface area (Å²) in [5, 5.41) is 12.3. The van der Waals surface area contributed by atoms with Crippen LogP contribution < -0.4 is 4.57 Å². The summed E-state index contributed by atoms with van der Waals surface area (Å²) in [7, 11) is 2.05. The Labute approximate surface area is 218 Å². The second-order valence-corrected chi connectivity index (χ2v) is 12.1. The highest BCUT2D eigenvalue weighted by atomic mass is 16.5. The molecular weight excluding hydrogens is 456 g/mol. The van der Waals surface area contributed by atoms with Crippen LogP contribution in [-0.4, -0.2) is 11.2 Å². The van der Waals surface area contributed by atoms with Gasteiger partial charge in [-0.15, -0.1) is 0 Å². The van der Waals surface area contributed by atoms with Gasteiger partial charge in [0.05, 0.1) is 28.4 Å². The highest BCUT2D eigenvalue weighted by molar-refractivity contribution is 6.14. The molecule has 1 aliphatic carbocycles. The predicted molar refractivity (Wildman–Crippen MR) is 148 cm³/mol. The van der Waals surface area contributed by atoms with Crippen LogP contribution in [0.2, 0.25) is 0 Å². The molecule has 2 aromatic carbocycles. The molecule has 37 heavy (non-hydrogen) atoms. The molecule has 0 unspecified atom stereocenters. The second-order valence-electron chi connectivity index (χ2n) is 12.1. The van der Waals surface area contributed by atoms with Gasteiger partial charge in [-0.25, -0.2) is 4.57 Å². The van der Waals surface area contributed by atoms with Crippen LogP contribution >= 0.6 is 0 Å². The number of nitriles is 1. The van der Waals surface area contributed by atoms with E-state index in [0.29, 0.717) is 5.56 Å². The highest BCUT2D eigenvalue weighted by Gasteiger charge is 2.54. The van der Waals surface area contributed by atoms with E-state index in [4.69, 9.17) is 9.15 Å². The molecule has 0 saturated carbocycles. The van der Waals surface area contributed by atoms with Gasteiger partial charge in [-0.1, -0.05) is 32.1 Å². The topological polar surface area (TPSA) is 50.0 Å². The molecule has 4 heteroatoms. The van der Waals surface area contributed by atoms with E-state index in [9.17, 15) is 5.26 Å². The number of ether oxygens (including phenoxy) is 1. The summed E-state index contributed by atoms with van der Waals surface area (Å²) in [6.07, 6.45) is 4.37. The lowest BCUT2D eigenvalue weighted by molar-refractivity contribution is -0.660. The van der Waals surface area contributed by atoms with Gasteiger partial charge >= 0.3 is 0 Å². The molecule has 0 spiro atoms. The van der Waals surface area contributed by atoms with Crippen LogP contribution in [0, 0.1) is 23.7 Å². The number of aryl methyl sites for hydroxylation is 2. The minimum atomic E-state index is -0.487. The third-order valence-corrected chi connectivity index (χ3v) is 8.10. The maximum absolute atomic E-state index is 10.3. The van der Waals surface area contributed by atoms with Crippen molar-refractivity contribution in [2.45, 2.75) is 59.7 Å². The summed E-state index contributed by atoms with van der Waals surface area (Å²) >= 11 is 0. The van der Waals surface area contributed by atoms with Gasteiger partial charge in [0, 0.05) is 33.9 Å². The quantitative estimate of drug-likeness (QED) is 0.273. The fourth-order valence-corrected chi connectivity index (χ4v) is 7.07. The van der Waals surface area contributed by atoms with Crippen molar-refractivity contribution in [3.63, 3.8) is 0 Å². The highest BCUT2D eigenvalue weighted by Crippen LogP contribution is 2.60. The van der Waals surface area contributed by atoms with Crippen LogP contribution in [-0.2, 0) is 11.8 Å². The number of pyridine rings is 1. The van der Waals surface area contributed by atoms with Crippen molar-refractivity contribution >= 4 is 27.5 Å². The summed E-state index contributed by atoms with van der Waals surface area (Å²) in [6.45, 7) is 15.2. The van der Waals surface area contributed by atoms with E-state index in [0.717, 1.165) is 49.9 Å². The maximum Gasteiger partial charge on any atom is 0.216 e. The van der Waals surface area contributed by atoms with Crippen molar-refractivity contribution in [3.05, 3.63) is 82.6 Å². The zero-order valence-corrected chi connectivity index (χ0v) is 22.9. The molecule has 0 saturated heterocycles. The Morgan fingerprint density at radius 3 is 2.19 bits per heavy atom. The van der Waals surface area contributed by atoms with Gasteiger partial charge in [-0.05, 0) is 75.1 Å². The van der Waals surface area contributed by atoms with Crippen LogP contribution in [0.1, 0.15) is 58.2 Å². The lowest BCUT2D eigenvalue weighted by Crippen LogP contribution is -2.34. The van der Waals surface area contributed by atoms with Gasteiger partial charge in [0.2, 0.25) is 5.69 Å². The first-order valence-electron chi connectivity index (χ1n) is 12.9. The second kappa shape index (κ2) is 7.43. The van der Waals surface area contributed by atoms with Crippen LogP contribution in [0.3, 0.4) is 0 Å². The molecule has 0 amide bonds. The van der Waals surface area contributed by atoms with Crippen LogP contribution in [0.5, 0.6) is 0 Å². The maximum atomic E-state index is 10.3. The van der Waals surface area contributed by atoms with Crippen molar-refractivity contribution in [3.8, 4) is 17.3 Å². The van der Waals surface area contributed by atoms with Gasteiger partial charge in [0.15, 0.2) is 6.20 Å². The number of allylic oxidation sites excluding steroid dienone is 1. The number of hydrogen-bond donors (Lipinski definition) is 0. The van der Waals surface area contributed by atoms with E-state index in [1.54, 1.807) is 0 Å². The van der Waals surface area contributed by atoms with Gasteiger partial charge in [-0.2, -0.15) is 5.26 Å². The number of benzene rings is 2. The van der Waals surface area contributed by atoms with E-state index in [2.05, 4.69) is 103 Å². The fraction of sp³-hybridized carbons (Fsp3) is 0.333. The summed E-state index contributed by atoms with van der Waals surface area (Å²) in [4.78, 5) is 0. The van der Waals surface area contributed by atoms with Crippen molar-refractivity contribution in [2.24, 2.45) is 12.5 Å². The van der Waals surface area contributed by atoms with Crippen molar-refractivity contribution in [2.75, 3.05) is 0 Å². The fourth-order valence-electron chi connectivity index (χ4n) is 7.07. The number of rotatable bonds is 2. The lowest BCUT2D eigenvalue weighted by atomic mass is 9.77. The molecule has 0 bridgehead atoms. The largest absolute Gasteiger partial charge is 0.454 e. The van der Waals surface area contributed by atoms with Gasteiger partial charge in [0.1, 0.15) is 18.2 Å². The molecule has 0 radical (unpaired) electrons. The molecule has 4 aromatic rings. The Hall–Kier alpha value is -3.68. The molecular formula is C33H33N2O2+. The first kappa shape index (κ1) is 23.7. The van der Waals surface area contributed by atoms with Crippen LogP contribution in [0.4, 0.5) is 0 Å². The Morgan fingerprint density at radius 2 is 1.51 bits per heavy atom. The number of aromatic nitrogens is 1. The normalized spacial score (nSPS) is 19.4. The van der Waals surface area contributed by atoms with E-state index in [-0.39, 0.29) is 5.41 Å². The van der Waals surface area contributed by atoms with Gasteiger partial charge in [-0.3, -0.25) is 0 Å². The summed E-state index contributed by atoms with van der Waals surface area (Å²) in [6, 6.07) is 16.9. The van der Waals surface area contributed by atoms with Crippen molar-refractivity contribution in [1.29, 1.82) is 5.26 Å². The minimum absolute atomic E-state index is 0.206. The zero-order valence-electron chi connectivity index (χ0n) is 22.9. The first-order valence-corrected chi connectivity index (χ1v) is 12.9. The van der Waals surface area contributed by atoms with E-state index in [1.807, 2.05) is 18.2 Å². The average Bonchev–Trinajstić information content (AvgIpc) is 3.39. The molecule has 6 rings (SSSR count). The van der Waals surface area contributed by atoms with Crippen molar-refractivity contribution in [1.82, 2.24) is 0 Å².